The molecule has 0 fully saturated rings. The van der Waals surface area contributed by atoms with E-state index in [0.29, 0.717) is 5.56 Å². The molecule has 0 saturated heterocycles. The number of rotatable bonds is 3. The summed E-state index contributed by atoms with van der Waals surface area (Å²) in [7, 11) is 0. The Morgan fingerprint density at radius 2 is 1.84 bits per heavy atom. The summed E-state index contributed by atoms with van der Waals surface area (Å²) in [5.41, 5.74) is 0.378. The molecule has 0 aliphatic carbocycles. The molecule has 1 aromatic heterocycles. The molecule has 0 unspecified atom stereocenters. The van der Waals surface area contributed by atoms with Gasteiger partial charge < -0.3 is 5.11 Å². The summed E-state index contributed by atoms with van der Waals surface area (Å²) in [6.07, 6.45) is 0. The zero-order valence-corrected chi connectivity index (χ0v) is 11.5. The van der Waals surface area contributed by atoms with Crippen LogP contribution in [-0.2, 0) is 0 Å². The molecule has 3 rings (SSSR count). The molecule has 0 atom stereocenters. The highest BCUT2D eigenvalue weighted by Crippen LogP contribution is 2.36. The van der Waals surface area contributed by atoms with E-state index >= 15 is 0 Å². The Labute approximate surface area is 118 Å². The van der Waals surface area contributed by atoms with Crippen LogP contribution in [0.1, 0.15) is 10.4 Å². The molecule has 4 heteroatoms. The molecule has 19 heavy (non-hydrogen) atoms. The quantitative estimate of drug-likeness (QED) is 0.755. The second-order valence-corrected chi connectivity index (χ2v) is 6.30. The summed E-state index contributed by atoms with van der Waals surface area (Å²) in [5, 5.41) is 13.3. The van der Waals surface area contributed by atoms with Gasteiger partial charge in [-0.2, -0.15) is 0 Å². The van der Waals surface area contributed by atoms with E-state index in [1.165, 1.54) is 33.9 Å². The Hall–Kier alpha value is -1.78. The molecule has 0 spiro atoms. The molecular formula is C15H10O2S2. The molecule has 0 radical (unpaired) electrons. The first kappa shape index (κ1) is 12.3. The van der Waals surface area contributed by atoms with E-state index in [1.54, 1.807) is 6.07 Å². The zero-order valence-electron chi connectivity index (χ0n) is 9.87. The van der Waals surface area contributed by atoms with Gasteiger partial charge in [0, 0.05) is 4.90 Å². The van der Waals surface area contributed by atoms with Gasteiger partial charge in [-0.05, 0) is 34.4 Å². The van der Waals surface area contributed by atoms with Crippen LogP contribution in [0.5, 0.6) is 0 Å². The smallest absolute Gasteiger partial charge is 0.337 e. The van der Waals surface area contributed by atoms with Gasteiger partial charge in [-0.25, -0.2) is 4.79 Å². The zero-order chi connectivity index (χ0) is 13.2. The lowest BCUT2D eigenvalue weighted by molar-refractivity contribution is 0.0694. The normalized spacial score (nSPS) is 10.7. The third-order valence-corrected chi connectivity index (χ3v) is 4.93. The monoisotopic (exact) mass is 286 g/mol. The van der Waals surface area contributed by atoms with Crippen molar-refractivity contribution in [1.29, 1.82) is 0 Å². The van der Waals surface area contributed by atoms with E-state index in [-0.39, 0.29) is 0 Å². The van der Waals surface area contributed by atoms with Gasteiger partial charge in [-0.1, -0.05) is 42.1 Å². The molecule has 2 nitrogen and oxygen atoms in total. The number of fused-ring (bicyclic) bond motifs is 1. The van der Waals surface area contributed by atoms with Crippen LogP contribution in [0, 0.1) is 0 Å². The Bertz CT molecular complexity index is 746. The van der Waals surface area contributed by atoms with Crippen molar-refractivity contribution in [3.8, 4) is 0 Å². The summed E-state index contributed by atoms with van der Waals surface area (Å²) in [4.78, 5) is 12.1. The summed E-state index contributed by atoms with van der Waals surface area (Å²) in [6.45, 7) is 0. The lowest BCUT2D eigenvalue weighted by Gasteiger charge is -2.03. The topological polar surface area (TPSA) is 37.3 Å². The van der Waals surface area contributed by atoms with Crippen molar-refractivity contribution in [2.45, 2.75) is 9.10 Å². The van der Waals surface area contributed by atoms with Gasteiger partial charge in [0.2, 0.25) is 0 Å². The fourth-order valence-electron chi connectivity index (χ4n) is 1.87. The van der Waals surface area contributed by atoms with Crippen LogP contribution in [-0.4, -0.2) is 11.1 Å². The summed E-state index contributed by atoms with van der Waals surface area (Å²) in [5.74, 6) is -0.871. The maximum Gasteiger partial charge on any atom is 0.337 e. The molecular weight excluding hydrogens is 276 g/mol. The number of carboxylic acids is 1. The Morgan fingerprint density at radius 1 is 1.05 bits per heavy atom. The van der Waals surface area contributed by atoms with E-state index in [1.807, 2.05) is 23.6 Å². The molecule has 0 amide bonds. The molecule has 94 valence electrons. The molecule has 0 aliphatic heterocycles. The van der Waals surface area contributed by atoms with E-state index in [9.17, 15) is 4.79 Å². The maximum absolute atomic E-state index is 11.1. The van der Waals surface area contributed by atoms with Crippen molar-refractivity contribution >= 4 is 39.8 Å². The Kier molecular flexibility index (Phi) is 3.27. The van der Waals surface area contributed by atoms with Crippen LogP contribution in [0.3, 0.4) is 0 Å². The minimum atomic E-state index is -0.871. The highest BCUT2D eigenvalue weighted by atomic mass is 32.2. The summed E-state index contributed by atoms with van der Waals surface area (Å²) < 4.78 is 0.822. The molecule has 2 aromatic carbocycles. The van der Waals surface area contributed by atoms with Gasteiger partial charge in [-0.3, -0.25) is 0 Å². The molecule has 1 N–H and O–H groups in total. The minimum Gasteiger partial charge on any atom is -0.478 e. The van der Waals surface area contributed by atoms with E-state index in [2.05, 4.69) is 24.3 Å². The summed E-state index contributed by atoms with van der Waals surface area (Å²) in [6, 6.07) is 16.0. The van der Waals surface area contributed by atoms with Crippen LogP contribution in [0.4, 0.5) is 0 Å². The minimum absolute atomic E-state index is 0.378. The van der Waals surface area contributed by atoms with E-state index < -0.39 is 5.97 Å². The highest BCUT2D eigenvalue weighted by Gasteiger charge is 2.12. The second-order valence-electron chi connectivity index (χ2n) is 4.04. The maximum atomic E-state index is 11.1. The fraction of sp³-hybridized carbons (Fsp3) is 0. The first-order valence-corrected chi connectivity index (χ1v) is 7.41. The van der Waals surface area contributed by atoms with Crippen molar-refractivity contribution in [2.24, 2.45) is 0 Å². The standard InChI is InChI=1S/C15H10O2S2/c16-14(17)13-7-8-18-15(13)19-12-6-5-10-3-1-2-4-11(10)9-12/h1-9H,(H,16,17). The average Bonchev–Trinajstić information content (AvgIpc) is 2.87. The molecule has 1 heterocycles. The van der Waals surface area contributed by atoms with Crippen molar-refractivity contribution < 1.29 is 9.90 Å². The lowest BCUT2D eigenvalue weighted by atomic mass is 10.1. The molecule has 0 saturated carbocycles. The number of carbonyl (C=O) groups is 1. The van der Waals surface area contributed by atoms with Crippen molar-refractivity contribution in [3.05, 3.63) is 59.5 Å². The predicted molar refractivity (Wildman–Crippen MR) is 79.3 cm³/mol. The first-order valence-electron chi connectivity index (χ1n) is 5.71. The molecule has 0 aliphatic rings. The number of thiophene rings is 1. The third-order valence-electron chi connectivity index (χ3n) is 2.79. The third kappa shape index (κ3) is 2.50. The van der Waals surface area contributed by atoms with Crippen LogP contribution in [0.15, 0.2) is 63.0 Å². The van der Waals surface area contributed by atoms with Gasteiger partial charge in [0.15, 0.2) is 0 Å². The van der Waals surface area contributed by atoms with Gasteiger partial charge in [0.1, 0.15) is 0 Å². The fourth-order valence-corrected chi connectivity index (χ4v) is 3.93. The van der Waals surface area contributed by atoms with Crippen LogP contribution in [0.2, 0.25) is 0 Å². The largest absolute Gasteiger partial charge is 0.478 e. The van der Waals surface area contributed by atoms with Crippen LogP contribution >= 0.6 is 23.1 Å². The van der Waals surface area contributed by atoms with Crippen molar-refractivity contribution in [1.82, 2.24) is 0 Å². The highest BCUT2D eigenvalue weighted by molar-refractivity contribution is 8.01. The van der Waals surface area contributed by atoms with Gasteiger partial charge >= 0.3 is 5.97 Å². The predicted octanol–water partition coefficient (Wildman–Crippen LogP) is 4.75. The Balaban J connectivity index is 1.97. The average molecular weight is 286 g/mol. The lowest BCUT2D eigenvalue weighted by Crippen LogP contribution is -1.94. The van der Waals surface area contributed by atoms with Gasteiger partial charge in [0.05, 0.1) is 9.77 Å². The Morgan fingerprint density at radius 3 is 2.63 bits per heavy atom. The SMILES string of the molecule is O=C(O)c1ccsc1Sc1ccc2ccccc2c1. The number of hydrogen-bond donors (Lipinski definition) is 1. The second kappa shape index (κ2) is 5.07. The van der Waals surface area contributed by atoms with Crippen molar-refractivity contribution in [2.75, 3.05) is 0 Å². The van der Waals surface area contributed by atoms with Crippen LogP contribution in [0.25, 0.3) is 10.8 Å². The summed E-state index contributed by atoms with van der Waals surface area (Å²) >= 11 is 2.96. The van der Waals surface area contributed by atoms with Gasteiger partial charge in [0.25, 0.3) is 0 Å². The van der Waals surface area contributed by atoms with E-state index in [4.69, 9.17) is 5.11 Å². The van der Waals surface area contributed by atoms with Crippen molar-refractivity contribution in [3.63, 3.8) is 0 Å². The molecule has 3 aromatic rings. The number of aromatic carboxylic acids is 1. The van der Waals surface area contributed by atoms with Gasteiger partial charge in [-0.15, -0.1) is 11.3 Å². The number of hydrogen-bond acceptors (Lipinski definition) is 3. The van der Waals surface area contributed by atoms with E-state index in [0.717, 1.165) is 9.10 Å². The number of benzene rings is 2. The first-order chi connectivity index (χ1) is 9.24. The molecule has 0 bridgehead atoms. The number of carboxylic acid groups (broad SMARTS) is 1. The van der Waals surface area contributed by atoms with Crippen LogP contribution < -0.4 is 0 Å².